The van der Waals surface area contributed by atoms with Crippen LogP contribution in [0.4, 0.5) is 0 Å². The molecule has 0 aromatic heterocycles. The highest BCUT2D eigenvalue weighted by Gasteiger charge is 2.35. The zero-order valence-electron chi connectivity index (χ0n) is 12.9. The molecule has 118 valence electrons. The van der Waals surface area contributed by atoms with Crippen molar-refractivity contribution in [3.05, 3.63) is 34.9 Å². The number of hydrogen-bond acceptors (Lipinski definition) is 4. The molecule has 22 heavy (non-hydrogen) atoms. The molecular formula is C16H21N3O3. The Balaban J connectivity index is 2.16. The Kier molecular flexibility index (Phi) is 5.27. The molecule has 0 fully saturated rings. The van der Waals surface area contributed by atoms with Crippen molar-refractivity contribution in [3.8, 4) is 0 Å². The van der Waals surface area contributed by atoms with Crippen molar-refractivity contribution in [2.75, 3.05) is 26.7 Å². The van der Waals surface area contributed by atoms with Gasteiger partial charge in [0, 0.05) is 25.2 Å². The van der Waals surface area contributed by atoms with E-state index in [0.29, 0.717) is 36.3 Å². The first kappa shape index (κ1) is 16.2. The smallest absolute Gasteiger partial charge is 0.261 e. The summed E-state index contributed by atoms with van der Waals surface area (Å²) in [5.74, 6) is -0.820. The standard InChI is InChI=1S/C16H21N3O3/c1-3-4-9-19-15(21)12-6-5-11(10-13(12)16(19)22)14(20)18-8-7-17-2/h5-6,10,17H,3-4,7-9H2,1-2H3,(H,18,20). The van der Waals surface area contributed by atoms with Crippen LogP contribution in [0, 0.1) is 0 Å². The largest absolute Gasteiger partial charge is 0.351 e. The lowest BCUT2D eigenvalue weighted by Gasteiger charge is -2.12. The third kappa shape index (κ3) is 3.17. The molecule has 1 aromatic rings. The highest BCUT2D eigenvalue weighted by Crippen LogP contribution is 2.24. The SMILES string of the molecule is CCCCN1C(=O)c2ccc(C(=O)NCCNC)cc2C1=O. The molecule has 0 aliphatic carbocycles. The van der Waals surface area contributed by atoms with Crippen LogP contribution in [-0.2, 0) is 0 Å². The zero-order valence-corrected chi connectivity index (χ0v) is 12.9. The Hall–Kier alpha value is -2.21. The van der Waals surface area contributed by atoms with Crippen molar-refractivity contribution in [1.29, 1.82) is 0 Å². The number of amides is 3. The summed E-state index contributed by atoms with van der Waals surface area (Å²) in [5.41, 5.74) is 1.10. The van der Waals surface area contributed by atoms with Gasteiger partial charge in [0.15, 0.2) is 0 Å². The summed E-state index contributed by atoms with van der Waals surface area (Å²) in [7, 11) is 1.80. The lowest BCUT2D eigenvalue weighted by Crippen LogP contribution is -2.31. The fraction of sp³-hybridized carbons (Fsp3) is 0.438. The number of benzene rings is 1. The minimum atomic E-state index is -0.307. The molecule has 0 bridgehead atoms. The number of hydrogen-bond donors (Lipinski definition) is 2. The lowest BCUT2D eigenvalue weighted by atomic mass is 10.1. The molecule has 0 atom stereocenters. The average Bonchev–Trinajstić information content (AvgIpc) is 2.76. The molecule has 0 spiro atoms. The molecule has 1 aromatic carbocycles. The molecule has 1 heterocycles. The summed E-state index contributed by atoms with van der Waals surface area (Å²) in [4.78, 5) is 37.8. The highest BCUT2D eigenvalue weighted by molar-refractivity contribution is 6.22. The van der Waals surface area contributed by atoms with E-state index in [0.717, 1.165) is 12.8 Å². The molecule has 6 nitrogen and oxygen atoms in total. The number of carbonyl (C=O) groups excluding carboxylic acids is 3. The maximum atomic E-state index is 12.3. The monoisotopic (exact) mass is 303 g/mol. The number of likely N-dealkylation sites (N-methyl/N-ethyl adjacent to an activating group) is 1. The van der Waals surface area contributed by atoms with E-state index in [2.05, 4.69) is 10.6 Å². The first-order valence-electron chi connectivity index (χ1n) is 7.53. The maximum Gasteiger partial charge on any atom is 0.261 e. The summed E-state index contributed by atoms with van der Waals surface area (Å²) in [6.07, 6.45) is 1.69. The molecular weight excluding hydrogens is 282 g/mol. The van der Waals surface area contributed by atoms with Crippen molar-refractivity contribution in [3.63, 3.8) is 0 Å². The second kappa shape index (κ2) is 7.17. The van der Waals surface area contributed by atoms with Gasteiger partial charge in [-0.2, -0.15) is 0 Å². The van der Waals surface area contributed by atoms with Crippen molar-refractivity contribution in [2.24, 2.45) is 0 Å². The summed E-state index contributed by atoms with van der Waals surface area (Å²) < 4.78 is 0. The summed E-state index contributed by atoms with van der Waals surface area (Å²) in [6, 6.07) is 4.66. The predicted octanol–water partition coefficient (Wildman–Crippen LogP) is 1.03. The van der Waals surface area contributed by atoms with Crippen LogP contribution < -0.4 is 10.6 Å². The molecule has 2 N–H and O–H groups in total. The van der Waals surface area contributed by atoms with Gasteiger partial charge in [0.25, 0.3) is 17.7 Å². The Bertz CT molecular complexity index is 598. The Morgan fingerprint density at radius 3 is 2.55 bits per heavy atom. The molecule has 6 heteroatoms. The van der Waals surface area contributed by atoms with Crippen LogP contribution in [0.15, 0.2) is 18.2 Å². The number of carbonyl (C=O) groups is 3. The first-order valence-corrected chi connectivity index (χ1v) is 7.53. The van der Waals surface area contributed by atoms with Crippen LogP contribution in [0.5, 0.6) is 0 Å². The van der Waals surface area contributed by atoms with Gasteiger partial charge in [0.2, 0.25) is 0 Å². The van der Waals surface area contributed by atoms with E-state index in [9.17, 15) is 14.4 Å². The van der Waals surface area contributed by atoms with Crippen molar-refractivity contribution in [2.45, 2.75) is 19.8 Å². The van der Waals surface area contributed by atoms with E-state index in [4.69, 9.17) is 0 Å². The van der Waals surface area contributed by atoms with E-state index in [-0.39, 0.29) is 17.7 Å². The Morgan fingerprint density at radius 2 is 1.86 bits per heavy atom. The zero-order chi connectivity index (χ0) is 16.1. The van der Waals surface area contributed by atoms with Crippen molar-refractivity contribution >= 4 is 17.7 Å². The van der Waals surface area contributed by atoms with Crippen LogP contribution in [0.3, 0.4) is 0 Å². The Morgan fingerprint density at radius 1 is 1.14 bits per heavy atom. The minimum absolute atomic E-state index is 0.245. The number of rotatable bonds is 7. The number of nitrogens with zero attached hydrogens (tertiary/aromatic N) is 1. The highest BCUT2D eigenvalue weighted by atomic mass is 16.2. The van der Waals surface area contributed by atoms with Crippen LogP contribution in [0.2, 0.25) is 0 Å². The number of unbranched alkanes of at least 4 members (excludes halogenated alkanes) is 1. The van der Waals surface area contributed by atoms with Gasteiger partial charge >= 0.3 is 0 Å². The number of imide groups is 1. The molecule has 0 radical (unpaired) electrons. The summed E-state index contributed by atoms with van der Waals surface area (Å²) >= 11 is 0. The quantitative estimate of drug-likeness (QED) is 0.582. The van der Waals surface area contributed by atoms with Gasteiger partial charge in [-0.25, -0.2) is 0 Å². The lowest BCUT2D eigenvalue weighted by molar-refractivity contribution is 0.0652. The first-order chi connectivity index (χ1) is 10.6. The molecule has 1 aliphatic rings. The van der Waals surface area contributed by atoms with E-state index < -0.39 is 0 Å². The second-order valence-electron chi connectivity index (χ2n) is 5.24. The fourth-order valence-electron chi connectivity index (χ4n) is 2.35. The van der Waals surface area contributed by atoms with Crippen LogP contribution >= 0.6 is 0 Å². The van der Waals surface area contributed by atoms with E-state index in [1.807, 2.05) is 6.92 Å². The molecule has 3 amide bonds. The molecule has 0 saturated carbocycles. The van der Waals surface area contributed by atoms with Crippen molar-refractivity contribution in [1.82, 2.24) is 15.5 Å². The average molecular weight is 303 g/mol. The number of nitrogens with one attached hydrogen (secondary N) is 2. The van der Waals surface area contributed by atoms with Crippen molar-refractivity contribution < 1.29 is 14.4 Å². The third-order valence-corrected chi connectivity index (χ3v) is 3.63. The summed E-state index contributed by atoms with van der Waals surface area (Å²) in [6.45, 7) is 3.60. The van der Waals surface area contributed by atoms with Crippen LogP contribution in [0.25, 0.3) is 0 Å². The molecule has 0 unspecified atom stereocenters. The number of fused-ring (bicyclic) bond motifs is 1. The maximum absolute atomic E-state index is 12.3. The van der Waals surface area contributed by atoms with Crippen LogP contribution in [-0.4, -0.2) is 49.3 Å². The van der Waals surface area contributed by atoms with Crippen LogP contribution in [0.1, 0.15) is 50.8 Å². The van der Waals surface area contributed by atoms with Gasteiger partial charge in [0.1, 0.15) is 0 Å². The van der Waals surface area contributed by atoms with Gasteiger partial charge in [-0.15, -0.1) is 0 Å². The van der Waals surface area contributed by atoms with E-state index in [1.165, 1.54) is 11.0 Å². The molecule has 1 aliphatic heterocycles. The van der Waals surface area contributed by atoms with Gasteiger partial charge in [-0.1, -0.05) is 13.3 Å². The van der Waals surface area contributed by atoms with Gasteiger partial charge in [-0.3, -0.25) is 19.3 Å². The normalized spacial score (nSPS) is 13.5. The van der Waals surface area contributed by atoms with Gasteiger partial charge in [-0.05, 0) is 31.7 Å². The Labute approximate surface area is 129 Å². The summed E-state index contributed by atoms with van der Waals surface area (Å²) in [5, 5.41) is 5.69. The van der Waals surface area contributed by atoms with Gasteiger partial charge < -0.3 is 10.6 Å². The molecule has 0 saturated heterocycles. The molecule has 2 rings (SSSR count). The van der Waals surface area contributed by atoms with E-state index in [1.54, 1.807) is 19.2 Å². The van der Waals surface area contributed by atoms with E-state index >= 15 is 0 Å². The predicted molar refractivity (Wildman–Crippen MR) is 83.0 cm³/mol. The topological polar surface area (TPSA) is 78.5 Å². The van der Waals surface area contributed by atoms with Gasteiger partial charge in [0.05, 0.1) is 11.1 Å². The third-order valence-electron chi connectivity index (χ3n) is 3.63. The minimum Gasteiger partial charge on any atom is -0.351 e. The fourth-order valence-corrected chi connectivity index (χ4v) is 2.35. The second-order valence-corrected chi connectivity index (χ2v) is 5.24.